The number of halogens is 1. The van der Waals surface area contributed by atoms with Gasteiger partial charge in [0, 0.05) is 17.9 Å². The van der Waals surface area contributed by atoms with Crippen LogP contribution in [-0.2, 0) is 0 Å². The Morgan fingerprint density at radius 2 is 2.04 bits per heavy atom. The predicted molar refractivity (Wildman–Crippen MR) is 104 cm³/mol. The second-order valence-electron chi connectivity index (χ2n) is 5.73. The topological polar surface area (TPSA) is 75.8 Å². The third-order valence-electron chi connectivity index (χ3n) is 3.95. The molecule has 1 amide bonds. The summed E-state index contributed by atoms with van der Waals surface area (Å²) in [6, 6.07) is 11.9. The molecule has 3 rings (SSSR count). The summed E-state index contributed by atoms with van der Waals surface area (Å²) in [5, 5.41) is 12.4. The Labute approximate surface area is 160 Å². The van der Waals surface area contributed by atoms with Crippen molar-refractivity contribution < 1.29 is 9.72 Å². The Kier molecular flexibility index (Phi) is 5.58. The van der Waals surface area contributed by atoms with Crippen molar-refractivity contribution in [2.24, 2.45) is 4.99 Å². The standard InChI is InChI=1S/C18H16ClN3O3S/c1-12-6-4-7-13(16(12)22(24)25)17(23)21-10-5-11-26-18(21)20-15-9-3-2-8-14(15)19/h2-4,6-9H,5,10-11H2,1H3. The smallest absolute Gasteiger partial charge is 0.285 e. The Morgan fingerprint density at radius 3 is 2.77 bits per heavy atom. The average molecular weight is 390 g/mol. The van der Waals surface area contributed by atoms with Gasteiger partial charge in [-0.05, 0) is 31.5 Å². The highest BCUT2D eigenvalue weighted by Crippen LogP contribution is 2.30. The number of hydrogen-bond acceptors (Lipinski definition) is 5. The molecule has 1 saturated heterocycles. The predicted octanol–water partition coefficient (Wildman–Crippen LogP) is 4.82. The van der Waals surface area contributed by atoms with Crippen molar-refractivity contribution in [1.29, 1.82) is 0 Å². The summed E-state index contributed by atoms with van der Waals surface area (Å²) in [4.78, 5) is 30.0. The normalized spacial score (nSPS) is 15.9. The first-order valence-electron chi connectivity index (χ1n) is 8.01. The molecule has 0 N–H and O–H groups in total. The molecule has 1 aliphatic heterocycles. The number of nitro groups is 1. The number of hydrogen-bond donors (Lipinski definition) is 0. The number of aryl methyl sites for hydroxylation is 1. The highest BCUT2D eigenvalue weighted by Gasteiger charge is 2.30. The van der Waals surface area contributed by atoms with Crippen LogP contribution in [0.25, 0.3) is 0 Å². The molecular formula is C18H16ClN3O3S. The quantitative estimate of drug-likeness (QED) is 0.556. The fourth-order valence-electron chi connectivity index (χ4n) is 2.71. The lowest BCUT2D eigenvalue weighted by atomic mass is 10.1. The van der Waals surface area contributed by atoms with Crippen LogP contribution in [0.2, 0.25) is 5.02 Å². The molecule has 1 fully saturated rings. The minimum Gasteiger partial charge on any atom is -0.287 e. The zero-order valence-corrected chi connectivity index (χ0v) is 15.6. The van der Waals surface area contributed by atoms with Crippen LogP contribution in [-0.4, -0.2) is 33.2 Å². The van der Waals surface area contributed by atoms with Crippen LogP contribution in [0.15, 0.2) is 47.5 Å². The monoisotopic (exact) mass is 389 g/mol. The highest BCUT2D eigenvalue weighted by molar-refractivity contribution is 8.13. The van der Waals surface area contributed by atoms with Gasteiger partial charge in [0.25, 0.3) is 11.6 Å². The van der Waals surface area contributed by atoms with E-state index in [0.29, 0.717) is 28.0 Å². The number of para-hydroxylation sites is 2. The van der Waals surface area contributed by atoms with Gasteiger partial charge in [-0.3, -0.25) is 19.8 Å². The van der Waals surface area contributed by atoms with Crippen LogP contribution in [0.5, 0.6) is 0 Å². The van der Waals surface area contributed by atoms with Crippen molar-refractivity contribution in [2.45, 2.75) is 13.3 Å². The largest absolute Gasteiger partial charge is 0.287 e. The lowest BCUT2D eigenvalue weighted by molar-refractivity contribution is -0.385. The SMILES string of the molecule is Cc1cccc(C(=O)N2CCCSC2=Nc2ccccc2Cl)c1[N+](=O)[O-]. The first kappa shape index (κ1) is 18.4. The maximum Gasteiger partial charge on any atom is 0.285 e. The number of amides is 1. The van der Waals surface area contributed by atoms with Gasteiger partial charge in [-0.2, -0.15) is 0 Å². The molecule has 134 valence electrons. The summed E-state index contributed by atoms with van der Waals surface area (Å²) in [7, 11) is 0. The molecule has 1 heterocycles. The number of carbonyl (C=O) groups is 1. The molecule has 8 heteroatoms. The zero-order valence-electron chi connectivity index (χ0n) is 14.0. The molecule has 0 aliphatic carbocycles. The van der Waals surface area contributed by atoms with Gasteiger partial charge in [0.1, 0.15) is 5.56 Å². The van der Waals surface area contributed by atoms with Gasteiger partial charge in [0.15, 0.2) is 5.17 Å². The minimum atomic E-state index is -0.509. The highest BCUT2D eigenvalue weighted by atomic mass is 35.5. The zero-order chi connectivity index (χ0) is 18.7. The van der Waals surface area contributed by atoms with Crippen LogP contribution >= 0.6 is 23.4 Å². The van der Waals surface area contributed by atoms with E-state index in [1.54, 1.807) is 37.3 Å². The number of nitro benzene ring substituents is 1. The molecule has 0 atom stereocenters. The second kappa shape index (κ2) is 7.88. The second-order valence-corrected chi connectivity index (χ2v) is 7.20. The van der Waals surface area contributed by atoms with Gasteiger partial charge in [0.05, 0.1) is 15.6 Å². The first-order valence-corrected chi connectivity index (χ1v) is 9.37. The maximum atomic E-state index is 13.1. The van der Waals surface area contributed by atoms with Gasteiger partial charge in [-0.1, -0.05) is 47.6 Å². The number of benzene rings is 2. The first-order chi connectivity index (χ1) is 12.5. The number of amidine groups is 1. The number of nitrogens with zero attached hydrogens (tertiary/aromatic N) is 3. The fourth-order valence-corrected chi connectivity index (χ4v) is 3.83. The Bertz CT molecular complexity index is 901. The van der Waals surface area contributed by atoms with Crippen LogP contribution in [0.1, 0.15) is 22.3 Å². The molecule has 0 bridgehead atoms. The van der Waals surface area contributed by atoms with E-state index in [2.05, 4.69) is 4.99 Å². The van der Waals surface area contributed by atoms with Crippen molar-refractivity contribution in [1.82, 2.24) is 4.90 Å². The summed E-state index contributed by atoms with van der Waals surface area (Å²) in [5.41, 5.74) is 0.930. The third kappa shape index (κ3) is 3.73. The molecule has 0 radical (unpaired) electrons. The van der Waals surface area contributed by atoms with Crippen molar-refractivity contribution in [2.75, 3.05) is 12.3 Å². The summed E-state index contributed by atoms with van der Waals surface area (Å²) >= 11 is 7.61. The summed E-state index contributed by atoms with van der Waals surface area (Å²) in [6.45, 7) is 2.08. The summed E-state index contributed by atoms with van der Waals surface area (Å²) in [5.74, 6) is 0.404. The van der Waals surface area contributed by atoms with Gasteiger partial charge in [-0.15, -0.1) is 0 Å². The van der Waals surface area contributed by atoms with Crippen LogP contribution in [0.3, 0.4) is 0 Å². The van der Waals surface area contributed by atoms with Crippen molar-refractivity contribution in [3.05, 3.63) is 68.7 Å². The van der Waals surface area contributed by atoms with Crippen molar-refractivity contribution in [3.63, 3.8) is 0 Å². The van der Waals surface area contributed by atoms with E-state index in [0.717, 1.165) is 12.2 Å². The van der Waals surface area contributed by atoms with Crippen LogP contribution in [0.4, 0.5) is 11.4 Å². The Hall–Kier alpha value is -2.38. The van der Waals surface area contributed by atoms with E-state index < -0.39 is 10.8 Å². The molecule has 2 aromatic rings. The summed E-state index contributed by atoms with van der Waals surface area (Å²) in [6.07, 6.45) is 0.789. The van der Waals surface area contributed by atoms with Gasteiger partial charge < -0.3 is 0 Å². The van der Waals surface area contributed by atoms with E-state index in [4.69, 9.17) is 11.6 Å². The molecule has 1 aliphatic rings. The van der Waals surface area contributed by atoms with Crippen LogP contribution in [0, 0.1) is 17.0 Å². The van der Waals surface area contributed by atoms with Crippen LogP contribution < -0.4 is 0 Å². The van der Waals surface area contributed by atoms with Gasteiger partial charge in [-0.25, -0.2) is 4.99 Å². The van der Waals surface area contributed by atoms with Gasteiger partial charge >= 0.3 is 0 Å². The van der Waals surface area contributed by atoms with Gasteiger partial charge in [0.2, 0.25) is 0 Å². The summed E-state index contributed by atoms with van der Waals surface area (Å²) < 4.78 is 0. The number of rotatable bonds is 3. The number of aliphatic imine (C=N–C) groups is 1. The Morgan fingerprint density at radius 1 is 1.27 bits per heavy atom. The molecule has 2 aromatic carbocycles. The minimum absolute atomic E-state index is 0.0735. The van der Waals surface area contributed by atoms with E-state index in [-0.39, 0.29) is 11.3 Å². The molecule has 0 aromatic heterocycles. The number of carbonyl (C=O) groups excluding carboxylic acids is 1. The third-order valence-corrected chi connectivity index (χ3v) is 5.33. The molecule has 26 heavy (non-hydrogen) atoms. The molecule has 0 unspecified atom stereocenters. The Balaban J connectivity index is 2.01. The molecule has 0 saturated carbocycles. The molecule has 6 nitrogen and oxygen atoms in total. The van der Waals surface area contributed by atoms with Crippen molar-refractivity contribution in [3.8, 4) is 0 Å². The van der Waals surface area contributed by atoms with E-state index in [1.165, 1.54) is 22.7 Å². The number of thioether (sulfide) groups is 1. The molecular weight excluding hydrogens is 374 g/mol. The lowest BCUT2D eigenvalue weighted by Crippen LogP contribution is -2.39. The van der Waals surface area contributed by atoms with E-state index in [9.17, 15) is 14.9 Å². The fraction of sp³-hybridized carbons (Fsp3) is 0.222. The maximum absolute atomic E-state index is 13.1. The average Bonchev–Trinajstić information content (AvgIpc) is 2.63. The molecule has 0 spiro atoms. The van der Waals surface area contributed by atoms with Crippen molar-refractivity contribution >= 4 is 45.8 Å². The lowest BCUT2D eigenvalue weighted by Gasteiger charge is -2.27. The van der Waals surface area contributed by atoms with E-state index >= 15 is 0 Å². The van der Waals surface area contributed by atoms with E-state index in [1.807, 2.05) is 6.07 Å².